The summed E-state index contributed by atoms with van der Waals surface area (Å²) in [5.41, 5.74) is 0.587. The van der Waals surface area contributed by atoms with E-state index in [2.05, 4.69) is 16.7 Å². The molecule has 0 radical (unpaired) electrons. The van der Waals surface area contributed by atoms with Crippen LogP contribution in [0.25, 0.3) is 0 Å². The van der Waals surface area contributed by atoms with Crippen molar-refractivity contribution in [3.8, 4) is 11.8 Å². The van der Waals surface area contributed by atoms with Crippen molar-refractivity contribution in [3.63, 3.8) is 0 Å². The number of rotatable bonds is 8. The topological polar surface area (TPSA) is 74.1 Å². The lowest BCUT2D eigenvalue weighted by molar-refractivity contribution is -0.122. The molecule has 0 bridgehead atoms. The minimum absolute atomic E-state index is 0.0564. The van der Waals surface area contributed by atoms with Crippen LogP contribution in [0.5, 0.6) is 5.75 Å². The summed E-state index contributed by atoms with van der Waals surface area (Å²) >= 11 is 6.68. The first-order chi connectivity index (χ1) is 13.9. The second-order valence-corrected chi connectivity index (χ2v) is 8.68. The lowest BCUT2D eigenvalue weighted by Crippen LogP contribution is -2.52. The van der Waals surface area contributed by atoms with E-state index >= 15 is 0 Å². The van der Waals surface area contributed by atoms with Gasteiger partial charge < -0.3 is 10.1 Å². The third-order valence-electron chi connectivity index (χ3n) is 4.08. The molecule has 1 amide bonds. The monoisotopic (exact) mass is 427 g/mol. The van der Waals surface area contributed by atoms with Gasteiger partial charge in [-0.3, -0.25) is 10.1 Å². The maximum absolute atomic E-state index is 12.7. The van der Waals surface area contributed by atoms with Crippen LogP contribution in [0, 0.1) is 17.2 Å². The van der Waals surface area contributed by atoms with Gasteiger partial charge in [-0.1, -0.05) is 56.0 Å². The zero-order chi connectivity index (χ0) is 21.2. The smallest absolute Gasteiger partial charge is 0.242 e. The fourth-order valence-corrected chi connectivity index (χ4v) is 3.62. The van der Waals surface area contributed by atoms with Crippen LogP contribution in [-0.2, 0) is 4.79 Å². The number of hydrogen-bond donors (Lipinski definition) is 2. The fourth-order valence-electron chi connectivity index (χ4n) is 2.57. The Morgan fingerprint density at radius 1 is 1.14 bits per heavy atom. The Balaban J connectivity index is 1.86. The van der Waals surface area contributed by atoms with E-state index in [9.17, 15) is 4.79 Å². The number of carbonyl (C=O) groups is 1. The number of nitrogens with zero attached hydrogens (tertiary/aromatic N) is 1. The molecule has 0 saturated carbocycles. The Hall–Kier alpha value is -2.40. The normalized spacial score (nSPS) is 12.7. The largest absolute Gasteiger partial charge is 0.492 e. The van der Waals surface area contributed by atoms with Crippen LogP contribution >= 0.6 is 24.0 Å². The Morgan fingerprint density at radius 3 is 2.38 bits per heavy atom. The van der Waals surface area contributed by atoms with E-state index in [4.69, 9.17) is 22.2 Å². The molecule has 0 aliphatic heterocycles. The summed E-state index contributed by atoms with van der Waals surface area (Å²) in [6, 6.07) is 18.3. The van der Waals surface area contributed by atoms with Crippen molar-refractivity contribution in [2.75, 3.05) is 6.61 Å². The average molecular weight is 428 g/mol. The number of nitrogens with one attached hydrogen (secondary N) is 2. The summed E-state index contributed by atoms with van der Waals surface area (Å²) in [4.78, 5) is 13.7. The van der Waals surface area contributed by atoms with Crippen LogP contribution in [0.4, 0.5) is 0 Å². The Kier molecular flexibility index (Phi) is 9.13. The molecule has 0 saturated heterocycles. The Morgan fingerprint density at radius 2 is 1.79 bits per heavy atom. The highest BCUT2D eigenvalue weighted by molar-refractivity contribution is 8.23. The zero-order valence-corrected chi connectivity index (χ0v) is 18.3. The van der Waals surface area contributed by atoms with Crippen molar-refractivity contribution in [3.05, 3.63) is 60.2 Å². The van der Waals surface area contributed by atoms with Gasteiger partial charge in [0.1, 0.15) is 16.7 Å². The standard InChI is InChI=1S/C22H25N3O2S2/c1-15(2)20(21(26)25-22(28)29-19-7-5-4-6-8-19)24-16(3)14-27-18-11-9-17(13-23)10-12-18/h4-12,15-16,20,24H,14H2,1-3H3,(H,25,26,28)/t16?,20-/m0/s1. The number of ether oxygens (including phenoxy) is 1. The predicted octanol–water partition coefficient (Wildman–Crippen LogP) is 4.13. The third kappa shape index (κ3) is 7.86. The molecule has 29 heavy (non-hydrogen) atoms. The highest BCUT2D eigenvalue weighted by atomic mass is 32.2. The van der Waals surface area contributed by atoms with Gasteiger partial charge in [0.15, 0.2) is 0 Å². The number of thioether (sulfide) groups is 1. The second-order valence-electron chi connectivity index (χ2n) is 6.93. The van der Waals surface area contributed by atoms with E-state index in [-0.39, 0.29) is 17.9 Å². The predicted molar refractivity (Wildman–Crippen MR) is 121 cm³/mol. The molecule has 2 rings (SSSR count). The molecule has 152 valence electrons. The molecule has 0 fully saturated rings. The first kappa shape index (κ1) is 22.9. The zero-order valence-electron chi connectivity index (χ0n) is 16.7. The van der Waals surface area contributed by atoms with Gasteiger partial charge in [0, 0.05) is 10.9 Å². The highest BCUT2D eigenvalue weighted by Crippen LogP contribution is 2.18. The Labute approximate surface area is 181 Å². The van der Waals surface area contributed by atoms with Gasteiger partial charge in [-0.25, -0.2) is 0 Å². The molecular weight excluding hydrogens is 402 g/mol. The van der Waals surface area contributed by atoms with E-state index in [0.717, 1.165) is 4.90 Å². The number of nitriles is 1. The van der Waals surface area contributed by atoms with Crippen LogP contribution in [0.1, 0.15) is 26.3 Å². The lowest BCUT2D eigenvalue weighted by Gasteiger charge is -2.25. The molecule has 2 aromatic rings. The van der Waals surface area contributed by atoms with Crippen LogP contribution in [0.2, 0.25) is 0 Å². The molecule has 0 aliphatic carbocycles. The van der Waals surface area contributed by atoms with E-state index in [1.54, 1.807) is 24.3 Å². The number of amides is 1. The summed E-state index contributed by atoms with van der Waals surface area (Å²) in [5.74, 6) is 0.610. The quantitative estimate of drug-likeness (QED) is 0.487. The number of benzene rings is 2. The van der Waals surface area contributed by atoms with Crippen molar-refractivity contribution in [1.82, 2.24) is 10.6 Å². The molecule has 0 aliphatic rings. The molecule has 2 N–H and O–H groups in total. The minimum atomic E-state index is -0.399. The minimum Gasteiger partial charge on any atom is -0.492 e. The summed E-state index contributed by atoms with van der Waals surface area (Å²) in [6.45, 7) is 6.33. The average Bonchev–Trinajstić information content (AvgIpc) is 2.71. The van der Waals surface area contributed by atoms with E-state index in [1.165, 1.54) is 11.8 Å². The molecule has 5 nitrogen and oxygen atoms in total. The maximum atomic E-state index is 12.7. The highest BCUT2D eigenvalue weighted by Gasteiger charge is 2.24. The lowest BCUT2D eigenvalue weighted by atomic mass is 10.0. The van der Waals surface area contributed by atoms with E-state index < -0.39 is 6.04 Å². The summed E-state index contributed by atoms with van der Waals surface area (Å²) in [6.07, 6.45) is 0. The van der Waals surface area contributed by atoms with Crippen molar-refractivity contribution in [1.29, 1.82) is 5.26 Å². The molecule has 0 aromatic heterocycles. The molecule has 7 heteroatoms. The van der Waals surface area contributed by atoms with Crippen LogP contribution < -0.4 is 15.4 Å². The van der Waals surface area contributed by atoms with Crippen LogP contribution in [0.3, 0.4) is 0 Å². The summed E-state index contributed by atoms with van der Waals surface area (Å²) in [7, 11) is 0. The molecule has 0 heterocycles. The van der Waals surface area contributed by atoms with Gasteiger partial charge in [-0.15, -0.1) is 0 Å². The number of carbonyl (C=O) groups excluding carboxylic acids is 1. The Bertz CT molecular complexity index is 849. The van der Waals surface area contributed by atoms with Gasteiger partial charge in [-0.2, -0.15) is 5.26 Å². The molecule has 2 aromatic carbocycles. The summed E-state index contributed by atoms with van der Waals surface area (Å²) in [5, 5.41) is 15.0. The van der Waals surface area contributed by atoms with Gasteiger partial charge in [0.2, 0.25) is 5.91 Å². The van der Waals surface area contributed by atoms with E-state index in [0.29, 0.717) is 22.2 Å². The molecule has 1 unspecified atom stereocenters. The van der Waals surface area contributed by atoms with Crippen molar-refractivity contribution < 1.29 is 9.53 Å². The number of hydrogen-bond acceptors (Lipinski definition) is 6. The van der Waals surface area contributed by atoms with Gasteiger partial charge in [0.05, 0.1) is 17.7 Å². The summed E-state index contributed by atoms with van der Waals surface area (Å²) < 4.78 is 6.18. The third-order valence-corrected chi connectivity index (χ3v) is 5.22. The number of thiocarbonyl (C=S) groups is 1. The van der Waals surface area contributed by atoms with Crippen LogP contribution in [-0.4, -0.2) is 28.9 Å². The van der Waals surface area contributed by atoms with Crippen molar-refractivity contribution in [2.45, 2.75) is 37.8 Å². The SMILES string of the molecule is CC(COc1ccc(C#N)cc1)N[C@H](C(=O)NC(=S)Sc1ccccc1)C(C)C. The fraction of sp³-hybridized carbons (Fsp3) is 0.318. The first-order valence-corrected chi connectivity index (χ1v) is 10.6. The van der Waals surface area contributed by atoms with Gasteiger partial charge in [-0.05, 0) is 49.2 Å². The molecular formula is C22H25N3O2S2. The molecule has 0 spiro atoms. The van der Waals surface area contributed by atoms with Gasteiger partial charge in [0.25, 0.3) is 0 Å². The van der Waals surface area contributed by atoms with Crippen LogP contribution in [0.15, 0.2) is 59.5 Å². The van der Waals surface area contributed by atoms with Crippen molar-refractivity contribution >= 4 is 34.2 Å². The first-order valence-electron chi connectivity index (χ1n) is 9.35. The van der Waals surface area contributed by atoms with E-state index in [1.807, 2.05) is 51.1 Å². The van der Waals surface area contributed by atoms with Gasteiger partial charge >= 0.3 is 0 Å². The second kappa shape index (κ2) is 11.6. The van der Waals surface area contributed by atoms with Crippen molar-refractivity contribution in [2.24, 2.45) is 5.92 Å². The maximum Gasteiger partial charge on any atom is 0.242 e. The molecule has 2 atom stereocenters.